The molecule has 0 N–H and O–H groups in total. The highest BCUT2D eigenvalue weighted by atomic mass is 16.7. The fourth-order valence-electron chi connectivity index (χ4n) is 1.05. The minimum atomic E-state index is -0.812. The van der Waals surface area contributed by atoms with Crippen LogP contribution in [0.4, 0.5) is 0 Å². The van der Waals surface area contributed by atoms with Crippen LogP contribution in [0.25, 0.3) is 0 Å². The summed E-state index contributed by atoms with van der Waals surface area (Å²) in [6, 6.07) is 0. The molecule has 0 fully saturated rings. The van der Waals surface area contributed by atoms with Gasteiger partial charge in [0.15, 0.2) is 0 Å². The van der Waals surface area contributed by atoms with Crippen LogP contribution < -0.4 is 0 Å². The van der Waals surface area contributed by atoms with Crippen molar-refractivity contribution in [2.45, 2.75) is 60.7 Å². The van der Waals surface area contributed by atoms with Crippen molar-refractivity contribution in [3.05, 3.63) is 12.2 Å². The van der Waals surface area contributed by atoms with E-state index in [1.54, 1.807) is 20.8 Å². The van der Waals surface area contributed by atoms with Crippen molar-refractivity contribution in [3.8, 4) is 0 Å². The number of rotatable bonds is 7. The van der Waals surface area contributed by atoms with E-state index >= 15 is 0 Å². The van der Waals surface area contributed by atoms with Gasteiger partial charge < -0.3 is 9.47 Å². The molecule has 0 spiro atoms. The Morgan fingerprint density at radius 3 is 2.22 bits per heavy atom. The first-order valence-corrected chi connectivity index (χ1v) is 6.02. The van der Waals surface area contributed by atoms with E-state index in [0.717, 1.165) is 6.42 Å². The zero-order valence-corrected chi connectivity index (χ0v) is 11.1. The molecule has 18 heavy (non-hydrogen) atoms. The van der Waals surface area contributed by atoms with Gasteiger partial charge in [-0.25, -0.2) is 0 Å². The lowest BCUT2D eigenvalue weighted by molar-refractivity contribution is -0.186. The van der Waals surface area contributed by atoms with Crippen LogP contribution in [-0.4, -0.2) is 18.2 Å². The van der Waals surface area contributed by atoms with E-state index in [1.807, 2.05) is 19.1 Å². The highest BCUT2D eigenvalue weighted by molar-refractivity contribution is 5.72. The monoisotopic (exact) mass is 258 g/mol. The van der Waals surface area contributed by atoms with Crippen LogP contribution in [0.1, 0.15) is 54.4 Å². The molecular formula is C14H26O4. The Kier molecular flexibility index (Phi) is 11.4. The van der Waals surface area contributed by atoms with E-state index in [2.05, 4.69) is 0 Å². The SMILES string of the molecule is C.CCC=CCCC(=O)OC(C)OC(=O)C(C)C. The van der Waals surface area contributed by atoms with Crippen molar-refractivity contribution in [2.24, 2.45) is 5.92 Å². The van der Waals surface area contributed by atoms with Crippen molar-refractivity contribution in [2.75, 3.05) is 0 Å². The van der Waals surface area contributed by atoms with Crippen molar-refractivity contribution in [3.63, 3.8) is 0 Å². The molecule has 4 nitrogen and oxygen atoms in total. The lowest BCUT2D eigenvalue weighted by atomic mass is 10.2. The second-order valence-electron chi connectivity index (χ2n) is 4.07. The Hall–Kier alpha value is -1.32. The third kappa shape index (κ3) is 9.87. The molecule has 1 atom stereocenters. The fraction of sp³-hybridized carbons (Fsp3) is 0.714. The molecule has 1 unspecified atom stereocenters. The molecule has 0 rings (SSSR count). The zero-order chi connectivity index (χ0) is 13.3. The highest BCUT2D eigenvalue weighted by Gasteiger charge is 2.15. The highest BCUT2D eigenvalue weighted by Crippen LogP contribution is 2.04. The summed E-state index contributed by atoms with van der Waals surface area (Å²) in [7, 11) is 0. The Morgan fingerprint density at radius 2 is 1.72 bits per heavy atom. The van der Waals surface area contributed by atoms with Crippen molar-refractivity contribution in [1.82, 2.24) is 0 Å². The molecule has 0 aromatic rings. The van der Waals surface area contributed by atoms with Gasteiger partial charge in [0, 0.05) is 13.3 Å². The van der Waals surface area contributed by atoms with Crippen LogP contribution in [0.2, 0.25) is 0 Å². The van der Waals surface area contributed by atoms with Crippen molar-refractivity contribution in [1.29, 1.82) is 0 Å². The van der Waals surface area contributed by atoms with Gasteiger partial charge >= 0.3 is 11.9 Å². The number of esters is 2. The van der Waals surface area contributed by atoms with E-state index in [4.69, 9.17) is 9.47 Å². The lowest BCUT2D eigenvalue weighted by Gasteiger charge is -2.15. The number of allylic oxidation sites excluding steroid dienone is 2. The lowest BCUT2D eigenvalue weighted by Crippen LogP contribution is -2.24. The van der Waals surface area contributed by atoms with Gasteiger partial charge in [-0.15, -0.1) is 0 Å². The summed E-state index contributed by atoms with van der Waals surface area (Å²) in [4.78, 5) is 22.5. The average molecular weight is 258 g/mol. The Bertz CT molecular complexity index is 269. The molecule has 0 bridgehead atoms. The number of carbonyl (C=O) groups is 2. The van der Waals surface area contributed by atoms with E-state index in [9.17, 15) is 9.59 Å². The fourth-order valence-corrected chi connectivity index (χ4v) is 1.05. The van der Waals surface area contributed by atoms with Gasteiger partial charge in [0.1, 0.15) is 0 Å². The molecule has 0 aromatic carbocycles. The van der Waals surface area contributed by atoms with Crippen LogP contribution in [0.5, 0.6) is 0 Å². The summed E-state index contributed by atoms with van der Waals surface area (Å²) in [5.41, 5.74) is 0. The zero-order valence-electron chi connectivity index (χ0n) is 11.1. The number of ether oxygens (including phenoxy) is 2. The minimum absolute atomic E-state index is 0. The van der Waals surface area contributed by atoms with Crippen LogP contribution in [0.3, 0.4) is 0 Å². The molecule has 0 aliphatic heterocycles. The predicted molar refractivity (Wildman–Crippen MR) is 71.9 cm³/mol. The number of hydrogen-bond donors (Lipinski definition) is 0. The summed E-state index contributed by atoms with van der Waals surface area (Å²) in [5.74, 6) is -0.936. The van der Waals surface area contributed by atoms with E-state index in [-0.39, 0.29) is 25.3 Å². The molecule has 106 valence electrons. The maximum absolute atomic E-state index is 11.3. The first kappa shape index (κ1) is 19.0. The second kappa shape index (κ2) is 10.8. The maximum atomic E-state index is 11.3. The summed E-state index contributed by atoms with van der Waals surface area (Å²) >= 11 is 0. The van der Waals surface area contributed by atoms with E-state index < -0.39 is 6.29 Å². The molecule has 0 heterocycles. The molecule has 0 saturated heterocycles. The normalized spacial score (nSPS) is 12.1. The standard InChI is InChI=1S/C13H22O4.CH4/c1-5-6-7-8-9-12(14)16-11(4)17-13(15)10(2)3;/h6-7,10-11H,5,8-9H2,1-4H3;1H4. The average Bonchev–Trinajstić information content (AvgIpc) is 2.24. The van der Waals surface area contributed by atoms with Crippen LogP contribution in [0, 0.1) is 5.92 Å². The third-order valence-electron chi connectivity index (χ3n) is 1.97. The molecule has 0 amide bonds. The van der Waals surface area contributed by atoms with Crippen LogP contribution in [-0.2, 0) is 19.1 Å². The first-order valence-electron chi connectivity index (χ1n) is 6.02. The van der Waals surface area contributed by atoms with Gasteiger partial charge in [-0.2, -0.15) is 0 Å². The molecule has 0 aromatic heterocycles. The van der Waals surface area contributed by atoms with Gasteiger partial charge in [-0.05, 0) is 12.8 Å². The van der Waals surface area contributed by atoms with Gasteiger partial charge in [-0.1, -0.05) is 40.3 Å². The topological polar surface area (TPSA) is 52.6 Å². The van der Waals surface area contributed by atoms with Gasteiger partial charge in [0.05, 0.1) is 5.92 Å². The Labute approximate surface area is 110 Å². The Morgan fingerprint density at radius 1 is 1.11 bits per heavy atom. The number of carbonyl (C=O) groups excluding carboxylic acids is 2. The van der Waals surface area contributed by atoms with E-state index in [0.29, 0.717) is 12.8 Å². The largest absolute Gasteiger partial charge is 0.425 e. The third-order valence-corrected chi connectivity index (χ3v) is 1.97. The predicted octanol–water partition coefficient (Wildman–Crippen LogP) is 3.46. The van der Waals surface area contributed by atoms with Crippen molar-refractivity contribution < 1.29 is 19.1 Å². The second-order valence-corrected chi connectivity index (χ2v) is 4.07. The Balaban J connectivity index is 0. The summed E-state index contributed by atoms with van der Waals surface area (Å²) in [6.45, 7) is 7.03. The summed E-state index contributed by atoms with van der Waals surface area (Å²) < 4.78 is 9.85. The molecule has 4 heteroatoms. The van der Waals surface area contributed by atoms with Crippen LogP contribution >= 0.6 is 0 Å². The molecule has 0 aliphatic rings. The number of hydrogen-bond acceptors (Lipinski definition) is 4. The van der Waals surface area contributed by atoms with Crippen molar-refractivity contribution >= 4 is 11.9 Å². The molecular weight excluding hydrogens is 232 g/mol. The maximum Gasteiger partial charge on any atom is 0.311 e. The summed E-state index contributed by atoms with van der Waals surface area (Å²) in [5, 5.41) is 0. The van der Waals surface area contributed by atoms with E-state index in [1.165, 1.54) is 0 Å². The van der Waals surface area contributed by atoms with Gasteiger partial charge in [-0.3, -0.25) is 9.59 Å². The molecule has 0 saturated carbocycles. The van der Waals surface area contributed by atoms with Gasteiger partial charge in [0.2, 0.25) is 6.29 Å². The quantitative estimate of drug-likeness (QED) is 0.398. The van der Waals surface area contributed by atoms with Crippen LogP contribution in [0.15, 0.2) is 12.2 Å². The first-order chi connectivity index (χ1) is 7.97. The smallest absolute Gasteiger partial charge is 0.311 e. The molecule has 0 radical (unpaired) electrons. The summed E-state index contributed by atoms with van der Waals surface area (Å²) in [6.07, 6.45) is 5.03. The van der Waals surface area contributed by atoms with Gasteiger partial charge in [0.25, 0.3) is 0 Å². The molecule has 0 aliphatic carbocycles. The minimum Gasteiger partial charge on any atom is -0.425 e.